The van der Waals surface area contributed by atoms with Gasteiger partial charge in [-0.2, -0.15) is 0 Å². The normalized spacial score (nSPS) is 20.8. The maximum absolute atomic E-state index is 12.6. The molecule has 9 heteroatoms. The third-order valence-corrected chi connectivity index (χ3v) is 5.09. The molecule has 1 atom stereocenters. The molecule has 2 aliphatic rings. The molecule has 1 aromatic heterocycles. The fourth-order valence-corrected chi connectivity index (χ4v) is 3.65. The van der Waals surface area contributed by atoms with Gasteiger partial charge in [-0.15, -0.1) is 17.5 Å². The van der Waals surface area contributed by atoms with E-state index in [1.54, 1.807) is 11.0 Å². The molecule has 1 N–H and O–H groups in total. The van der Waals surface area contributed by atoms with Gasteiger partial charge in [-0.1, -0.05) is 12.1 Å². The van der Waals surface area contributed by atoms with Crippen LogP contribution in [0.15, 0.2) is 30.6 Å². The maximum Gasteiger partial charge on any atom is 0.227 e. The minimum absolute atomic E-state index is 0. The molecule has 1 aromatic carbocycles. The molecule has 0 radical (unpaired) electrons. The molecule has 0 bridgehead atoms. The number of carbonyl (C=O) groups is 1. The van der Waals surface area contributed by atoms with E-state index in [0.717, 1.165) is 56.9 Å². The van der Waals surface area contributed by atoms with Crippen LogP contribution in [0.4, 0.5) is 0 Å². The van der Waals surface area contributed by atoms with Gasteiger partial charge < -0.3 is 10.2 Å². The quantitative estimate of drug-likeness (QED) is 0.816. The first kappa shape index (κ1) is 18.8. The van der Waals surface area contributed by atoms with Crippen LogP contribution >= 0.6 is 12.4 Å². The number of nitrogens with zero attached hydrogens (tertiary/aromatic N) is 6. The van der Waals surface area contributed by atoms with Gasteiger partial charge in [-0.3, -0.25) is 9.69 Å². The van der Waals surface area contributed by atoms with Crippen LogP contribution in [0.1, 0.15) is 12.0 Å². The molecule has 0 spiro atoms. The van der Waals surface area contributed by atoms with E-state index in [0.29, 0.717) is 12.5 Å². The molecule has 140 valence electrons. The fourth-order valence-electron chi connectivity index (χ4n) is 3.65. The molecule has 1 unspecified atom stereocenters. The van der Waals surface area contributed by atoms with Crippen molar-refractivity contribution in [3.63, 3.8) is 0 Å². The summed E-state index contributed by atoms with van der Waals surface area (Å²) in [5.74, 6) is 0.216. The van der Waals surface area contributed by atoms with Crippen LogP contribution < -0.4 is 5.32 Å². The van der Waals surface area contributed by atoms with E-state index in [2.05, 4.69) is 25.7 Å². The number of likely N-dealkylation sites (tertiary alicyclic amines) is 1. The number of hydrogen-bond acceptors (Lipinski definition) is 6. The summed E-state index contributed by atoms with van der Waals surface area (Å²) in [4.78, 5) is 17.1. The van der Waals surface area contributed by atoms with Crippen LogP contribution in [0.25, 0.3) is 5.69 Å². The van der Waals surface area contributed by atoms with Gasteiger partial charge in [0.25, 0.3) is 0 Å². The lowest BCUT2D eigenvalue weighted by Gasteiger charge is -2.32. The number of nitrogens with one attached hydrogen (secondary N) is 1. The van der Waals surface area contributed by atoms with Crippen molar-refractivity contribution in [1.82, 2.24) is 35.3 Å². The molecule has 0 aliphatic carbocycles. The van der Waals surface area contributed by atoms with E-state index < -0.39 is 0 Å². The number of hydrogen-bond donors (Lipinski definition) is 1. The van der Waals surface area contributed by atoms with Gasteiger partial charge >= 0.3 is 0 Å². The SMILES string of the molecule is Cl.O=C(Cc1ccc(-n2cnnn2)cc1)N1CCC(N2CCNCC2)C1. The van der Waals surface area contributed by atoms with Gasteiger partial charge in [0.05, 0.1) is 12.1 Å². The lowest BCUT2D eigenvalue weighted by molar-refractivity contribution is -0.129. The minimum atomic E-state index is 0. The molecule has 2 aliphatic heterocycles. The lowest BCUT2D eigenvalue weighted by atomic mass is 10.1. The third-order valence-electron chi connectivity index (χ3n) is 5.09. The number of amides is 1. The molecule has 2 saturated heterocycles. The second-order valence-corrected chi connectivity index (χ2v) is 6.67. The smallest absolute Gasteiger partial charge is 0.227 e. The summed E-state index contributed by atoms with van der Waals surface area (Å²) in [6.45, 7) is 6.02. The predicted molar refractivity (Wildman–Crippen MR) is 99.5 cm³/mol. The van der Waals surface area contributed by atoms with Gasteiger partial charge in [-0.05, 0) is 34.5 Å². The first-order valence-electron chi connectivity index (χ1n) is 8.84. The van der Waals surface area contributed by atoms with Crippen molar-refractivity contribution in [1.29, 1.82) is 0 Å². The number of aromatic nitrogens is 4. The number of rotatable bonds is 4. The number of tetrazole rings is 1. The summed E-state index contributed by atoms with van der Waals surface area (Å²) in [5.41, 5.74) is 1.91. The summed E-state index contributed by atoms with van der Waals surface area (Å²) in [5, 5.41) is 14.5. The molecule has 26 heavy (non-hydrogen) atoms. The first-order chi connectivity index (χ1) is 12.3. The van der Waals surface area contributed by atoms with Gasteiger partial charge in [-0.25, -0.2) is 4.68 Å². The third kappa shape index (κ3) is 4.20. The van der Waals surface area contributed by atoms with Crippen LogP contribution in [0.3, 0.4) is 0 Å². The Morgan fingerprint density at radius 2 is 1.92 bits per heavy atom. The monoisotopic (exact) mass is 377 g/mol. The Morgan fingerprint density at radius 3 is 2.62 bits per heavy atom. The fraction of sp³-hybridized carbons (Fsp3) is 0.529. The molecule has 3 heterocycles. The largest absolute Gasteiger partial charge is 0.341 e. The molecular formula is C17H24ClN7O. The molecule has 0 saturated carbocycles. The summed E-state index contributed by atoms with van der Waals surface area (Å²) in [6.07, 6.45) is 3.09. The summed E-state index contributed by atoms with van der Waals surface area (Å²) in [6, 6.07) is 8.34. The highest BCUT2D eigenvalue weighted by atomic mass is 35.5. The highest BCUT2D eigenvalue weighted by Crippen LogP contribution is 2.18. The van der Waals surface area contributed by atoms with Gasteiger partial charge in [0, 0.05) is 45.3 Å². The Kier molecular flexibility index (Phi) is 6.18. The molecule has 4 rings (SSSR count). The van der Waals surface area contributed by atoms with Gasteiger partial charge in [0.2, 0.25) is 5.91 Å². The Bertz CT molecular complexity index is 700. The van der Waals surface area contributed by atoms with Crippen molar-refractivity contribution < 1.29 is 4.79 Å². The van der Waals surface area contributed by atoms with E-state index in [1.165, 1.54) is 0 Å². The van der Waals surface area contributed by atoms with E-state index in [-0.39, 0.29) is 18.3 Å². The first-order valence-corrected chi connectivity index (χ1v) is 8.84. The van der Waals surface area contributed by atoms with Crippen molar-refractivity contribution in [2.75, 3.05) is 39.3 Å². The Morgan fingerprint density at radius 1 is 1.15 bits per heavy atom. The average Bonchev–Trinajstić information content (AvgIpc) is 3.35. The van der Waals surface area contributed by atoms with E-state index in [9.17, 15) is 4.79 Å². The minimum Gasteiger partial charge on any atom is -0.341 e. The summed E-state index contributed by atoms with van der Waals surface area (Å²) >= 11 is 0. The van der Waals surface area contributed by atoms with Crippen molar-refractivity contribution >= 4 is 18.3 Å². The standard InChI is InChI=1S/C17H23N7O.ClH/c25-17(23-8-5-16(12-23)22-9-6-18-7-10-22)11-14-1-3-15(4-2-14)24-13-19-20-21-24;/h1-4,13,16,18H,5-12H2;1H. The highest BCUT2D eigenvalue weighted by Gasteiger charge is 2.30. The lowest BCUT2D eigenvalue weighted by Crippen LogP contribution is -2.49. The van der Waals surface area contributed by atoms with Gasteiger partial charge in [0.15, 0.2) is 0 Å². The topological polar surface area (TPSA) is 79.2 Å². The average molecular weight is 378 g/mol. The van der Waals surface area contributed by atoms with Crippen LogP contribution in [0.5, 0.6) is 0 Å². The van der Waals surface area contributed by atoms with Crippen molar-refractivity contribution in [2.45, 2.75) is 18.9 Å². The molecule has 8 nitrogen and oxygen atoms in total. The molecule has 2 fully saturated rings. The highest BCUT2D eigenvalue weighted by molar-refractivity contribution is 5.85. The Balaban J connectivity index is 0.00000196. The number of benzene rings is 1. The molecule has 2 aromatic rings. The van der Waals surface area contributed by atoms with Crippen LogP contribution in [-0.2, 0) is 11.2 Å². The predicted octanol–water partition coefficient (Wildman–Crippen LogP) is 0.133. The van der Waals surface area contributed by atoms with Crippen molar-refractivity contribution in [2.24, 2.45) is 0 Å². The zero-order valence-electron chi connectivity index (χ0n) is 14.6. The number of piperazine rings is 1. The van der Waals surface area contributed by atoms with E-state index in [1.807, 2.05) is 29.2 Å². The summed E-state index contributed by atoms with van der Waals surface area (Å²) in [7, 11) is 0. The Labute approximate surface area is 158 Å². The van der Waals surface area contributed by atoms with Crippen LogP contribution in [0.2, 0.25) is 0 Å². The van der Waals surface area contributed by atoms with Gasteiger partial charge in [0.1, 0.15) is 6.33 Å². The zero-order valence-corrected chi connectivity index (χ0v) is 15.4. The van der Waals surface area contributed by atoms with Crippen LogP contribution in [0, 0.1) is 0 Å². The number of carbonyl (C=O) groups excluding carboxylic acids is 1. The van der Waals surface area contributed by atoms with E-state index in [4.69, 9.17) is 0 Å². The molecule has 1 amide bonds. The number of halogens is 1. The summed E-state index contributed by atoms with van der Waals surface area (Å²) < 4.78 is 1.60. The van der Waals surface area contributed by atoms with Crippen molar-refractivity contribution in [3.05, 3.63) is 36.2 Å². The van der Waals surface area contributed by atoms with Crippen molar-refractivity contribution in [3.8, 4) is 5.69 Å². The molecular weight excluding hydrogens is 354 g/mol. The second kappa shape index (κ2) is 8.57. The maximum atomic E-state index is 12.6. The Hall–Kier alpha value is -2.03. The van der Waals surface area contributed by atoms with E-state index >= 15 is 0 Å². The van der Waals surface area contributed by atoms with Crippen LogP contribution in [-0.4, -0.2) is 81.2 Å². The zero-order chi connectivity index (χ0) is 17.1. The second-order valence-electron chi connectivity index (χ2n) is 6.67.